The maximum atomic E-state index is 6.14. The van der Waals surface area contributed by atoms with Gasteiger partial charge in [-0.15, -0.1) is 20.4 Å². The summed E-state index contributed by atoms with van der Waals surface area (Å²) in [5.41, 5.74) is 17.2. The van der Waals surface area contributed by atoms with Gasteiger partial charge in [-0.25, -0.2) is 9.97 Å². The van der Waals surface area contributed by atoms with Crippen molar-refractivity contribution < 1.29 is 9.47 Å². The third-order valence-electron chi connectivity index (χ3n) is 6.26. The van der Waals surface area contributed by atoms with E-state index < -0.39 is 0 Å². The fraction of sp³-hybridized carbons (Fsp3) is 0.0625. The topological polar surface area (TPSA) is 148 Å². The average Bonchev–Trinajstić information content (AvgIpc) is 3.05. The van der Waals surface area contributed by atoms with Gasteiger partial charge in [0.1, 0.15) is 34.3 Å². The summed E-state index contributed by atoms with van der Waals surface area (Å²) in [6.45, 7) is 0. The SMILES string of the molecule is COc1cc(Cl)cc(-c2nnc(N)nc2-c2ccccc2)c1.COc1cc(Cl)cc(-c2nnc(N)nc2-c2ccccc2)c1. The molecule has 220 valence electrons. The number of methoxy groups -OCH3 is 2. The first-order chi connectivity index (χ1) is 21.3. The minimum Gasteiger partial charge on any atom is -0.497 e. The molecule has 12 heteroatoms. The zero-order valence-corrected chi connectivity index (χ0v) is 25.2. The van der Waals surface area contributed by atoms with Gasteiger partial charge in [0, 0.05) is 32.3 Å². The summed E-state index contributed by atoms with van der Waals surface area (Å²) in [5, 5.41) is 17.2. The first kappa shape index (κ1) is 30.1. The molecule has 0 spiro atoms. The van der Waals surface area contributed by atoms with Crippen LogP contribution in [0.25, 0.3) is 45.0 Å². The van der Waals surface area contributed by atoms with Gasteiger partial charge >= 0.3 is 0 Å². The van der Waals surface area contributed by atoms with Crippen LogP contribution in [-0.4, -0.2) is 44.6 Å². The highest BCUT2D eigenvalue weighted by Gasteiger charge is 2.15. The Morgan fingerprint density at radius 1 is 0.477 bits per heavy atom. The van der Waals surface area contributed by atoms with Crippen LogP contribution in [0.2, 0.25) is 10.0 Å². The highest BCUT2D eigenvalue weighted by atomic mass is 35.5. The Labute approximate surface area is 263 Å². The number of nitrogens with two attached hydrogens (primary N) is 2. The van der Waals surface area contributed by atoms with Crippen LogP contribution in [0.3, 0.4) is 0 Å². The Bertz CT molecular complexity index is 1760. The van der Waals surface area contributed by atoms with Crippen LogP contribution in [0.15, 0.2) is 97.1 Å². The molecule has 0 saturated heterocycles. The number of nitrogens with zero attached hydrogens (tertiary/aromatic N) is 6. The van der Waals surface area contributed by atoms with Gasteiger partial charge < -0.3 is 20.9 Å². The van der Waals surface area contributed by atoms with Crippen molar-refractivity contribution in [1.82, 2.24) is 30.4 Å². The number of hydrogen-bond donors (Lipinski definition) is 2. The van der Waals surface area contributed by atoms with Crippen molar-refractivity contribution in [3.05, 3.63) is 107 Å². The molecule has 10 nitrogen and oxygen atoms in total. The lowest BCUT2D eigenvalue weighted by molar-refractivity contribution is 0.415. The van der Waals surface area contributed by atoms with Gasteiger partial charge in [0.2, 0.25) is 11.9 Å². The number of ether oxygens (including phenoxy) is 2. The van der Waals surface area contributed by atoms with E-state index in [1.165, 1.54) is 0 Å². The maximum Gasteiger partial charge on any atom is 0.240 e. The summed E-state index contributed by atoms with van der Waals surface area (Å²) in [6, 6.07) is 30.0. The molecule has 4 N–H and O–H groups in total. The molecule has 0 saturated carbocycles. The highest BCUT2D eigenvalue weighted by molar-refractivity contribution is 6.31. The van der Waals surface area contributed by atoms with Crippen molar-refractivity contribution in [2.75, 3.05) is 25.7 Å². The quantitative estimate of drug-likeness (QED) is 0.200. The minimum atomic E-state index is 0.122. The Balaban J connectivity index is 0.000000175. The van der Waals surface area contributed by atoms with Crippen LogP contribution in [0, 0.1) is 0 Å². The lowest BCUT2D eigenvalue weighted by Crippen LogP contribution is -2.02. The van der Waals surface area contributed by atoms with E-state index in [0.717, 1.165) is 22.3 Å². The van der Waals surface area contributed by atoms with Crippen LogP contribution in [0.4, 0.5) is 11.9 Å². The van der Waals surface area contributed by atoms with Crippen molar-refractivity contribution in [1.29, 1.82) is 0 Å². The number of benzene rings is 4. The Hall–Kier alpha value is -5.32. The Morgan fingerprint density at radius 3 is 1.23 bits per heavy atom. The molecule has 0 amide bonds. The van der Waals surface area contributed by atoms with Crippen LogP contribution in [0.5, 0.6) is 11.5 Å². The first-order valence-corrected chi connectivity index (χ1v) is 13.9. The zero-order chi connectivity index (χ0) is 31.1. The molecule has 4 aromatic carbocycles. The predicted molar refractivity (Wildman–Crippen MR) is 173 cm³/mol. The predicted octanol–water partition coefficient (Wildman–Crippen LogP) is 6.90. The van der Waals surface area contributed by atoms with E-state index in [9.17, 15) is 0 Å². The van der Waals surface area contributed by atoms with Crippen molar-refractivity contribution in [3.8, 4) is 56.5 Å². The second-order valence-corrected chi connectivity index (χ2v) is 10.1. The van der Waals surface area contributed by atoms with E-state index in [0.29, 0.717) is 44.3 Å². The molecule has 0 fully saturated rings. The van der Waals surface area contributed by atoms with E-state index in [1.54, 1.807) is 38.5 Å². The van der Waals surface area contributed by atoms with E-state index in [2.05, 4.69) is 30.4 Å². The number of rotatable bonds is 6. The standard InChI is InChI=1S/2C16H13ClN4O/c2*1-22-13-8-11(7-12(17)9-13)15-14(19-16(18)21-20-15)10-5-3-2-4-6-10/h2*2-9H,1H3,(H2,18,19,21). The molecule has 0 bridgehead atoms. The lowest BCUT2D eigenvalue weighted by Gasteiger charge is -2.10. The molecular formula is C32H26Cl2N8O2. The molecular weight excluding hydrogens is 599 g/mol. The highest BCUT2D eigenvalue weighted by Crippen LogP contribution is 2.34. The fourth-order valence-corrected chi connectivity index (χ4v) is 4.75. The van der Waals surface area contributed by atoms with Crippen molar-refractivity contribution in [2.24, 2.45) is 0 Å². The summed E-state index contributed by atoms with van der Waals surface area (Å²) in [4.78, 5) is 8.65. The van der Waals surface area contributed by atoms with E-state index in [1.807, 2.05) is 72.8 Å². The number of aromatic nitrogens is 6. The fourth-order valence-electron chi connectivity index (χ4n) is 4.29. The van der Waals surface area contributed by atoms with Crippen molar-refractivity contribution in [2.45, 2.75) is 0 Å². The molecule has 0 atom stereocenters. The largest absolute Gasteiger partial charge is 0.497 e. The first-order valence-electron chi connectivity index (χ1n) is 13.2. The van der Waals surface area contributed by atoms with Gasteiger partial charge in [-0.2, -0.15) is 0 Å². The Kier molecular flexibility index (Phi) is 9.43. The summed E-state index contributed by atoms with van der Waals surface area (Å²) in [7, 11) is 3.17. The average molecular weight is 626 g/mol. The van der Waals surface area contributed by atoms with Gasteiger partial charge in [0.25, 0.3) is 0 Å². The van der Waals surface area contributed by atoms with E-state index in [4.69, 9.17) is 44.1 Å². The van der Waals surface area contributed by atoms with Crippen molar-refractivity contribution in [3.63, 3.8) is 0 Å². The summed E-state index contributed by atoms with van der Waals surface area (Å²) in [5.74, 6) is 1.52. The second kappa shape index (κ2) is 13.8. The summed E-state index contributed by atoms with van der Waals surface area (Å²) < 4.78 is 10.5. The molecule has 0 aliphatic rings. The van der Waals surface area contributed by atoms with Gasteiger partial charge in [0.15, 0.2) is 0 Å². The van der Waals surface area contributed by atoms with Crippen molar-refractivity contribution >= 4 is 35.1 Å². The summed E-state index contributed by atoms with van der Waals surface area (Å²) >= 11 is 12.3. The molecule has 0 aliphatic carbocycles. The Morgan fingerprint density at radius 2 is 0.864 bits per heavy atom. The molecule has 0 unspecified atom stereocenters. The number of nitrogen functional groups attached to an aromatic ring is 2. The normalized spacial score (nSPS) is 10.5. The maximum absolute atomic E-state index is 6.14. The van der Waals surface area contributed by atoms with Crippen LogP contribution < -0.4 is 20.9 Å². The molecule has 2 heterocycles. The van der Waals surface area contributed by atoms with Gasteiger partial charge in [0.05, 0.1) is 14.2 Å². The number of halogens is 2. The van der Waals surface area contributed by atoms with Gasteiger partial charge in [-0.3, -0.25) is 0 Å². The third kappa shape index (κ3) is 7.17. The number of hydrogen-bond acceptors (Lipinski definition) is 10. The van der Waals surface area contributed by atoms with E-state index >= 15 is 0 Å². The lowest BCUT2D eigenvalue weighted by atomic mass is 10.0. The molecule has 2 aromatic heterocycles. The molecule has 0 radical (unpaired) electrons. The third-order valence-corrected chi connectivity index (χ3v) is 6.70. The van der Waals surface area contributed by atoms with Crippen LogP contribution in [0.1, 0.15) is 0 Å². The monoisotopic (exact) mass is 624 g/mol. The van der Waals surface area contributed by atoms with Crippen LogP contribution in [-0.2, 0) is 0 Å². The van der Waals surface area contributed by atoms with Gasteiger partial charge in [-0.05, 0) is 36.4 Å². The number of anilines is 2. The molecule has 6 aromatic rings. The smallest absolute Gasteiger partial charge is 0.240 e. The molecule has 0 aliphatic heterocycles. The second-order valence-electron chi connectivity index (χ2n) is 9.23. The summed E-state index contributed by atoms with van der Waals surface area (Å²) in [6.07, 6.45) is 0. The van der Waals surface area contributed by atoms with Crippen LogP contribution >= 0.6 is 23.2 Å². The molecule has 44 heavy (non-hydrogen) atoms. The zero-order valence-electron chi connectivity index (χ0n) is 23.6. The van der Waals surface area contributed by atoms with Gasteiger partial charge in [-0.1, -0.05) is 83.9 Å². The van der Waals surface area contributed by atoms with E-state index in [-0.39, 0.29) is 11.9 Å². The molecule has 6 rings (SSSR count). The minimum absolute atomic E-state index is 0.122.